The number of hydrogen-bond acceptors (Lipinski definition) is 2. The van der Waals surface area contributed by atoms with Crippen LogP contribution in [0.2, 0.25) is 0 Å². The van der Waals surface area contributed by atoms with Gasteiger partial charge in [0.25, 0.3) is 7.40 Å². The van der Waals surface area contributed by atoms with Crippen molar-refractivity contribution in [1.29, 1.82) is 1.43 Å². The fourth-order valence-electron chi connectivity index (χ4n) is 0. The zero-order valence-corrected chi connectivity index (χ0v) is 4.82. The molecule has 0 fully saturated rings. The second-order valence-corrected chi connectivity index (χ2v) is 0.287. The molecule has 0 radical (unpaired) electrons. The van der Waals surface area contributed by atoms with E-state index in [2.05, 4.69) is 5.11 Å². The van der Waals surface area contributed by atoms with Crippen molar-refractivity contribution in [3.05, 3.63) is 0 Å². The first-order chi connectivity index (χ1) is 3.48. The van der Waals surface area contributed by atoms with Crippen molar-refractivity contribution in [2.45, 2.75) is 6.85 Å². The molecule has 0 unspecified atom stereocenters. The van der Waals surface area contributed by atoms with Crippen LogP contribution in [-0.4, -0.2) is 11.1 Å². The first kappa shape index (κ1) is 1.96. The van der Waals surface area contributed by atoms with Gasteiger partial charge in [-0.3, -0.25) is 4.79 Å². The Hall–Kier alpha value is 0.470. The van der Waals surface area contributed by atoms with Gasteiger partial charge < -0.3 is 6.54 Å². The monoisotopic (exact) mass is 88.0 g/mol. The molecule has 0 rings (SSSR count). The molecule has 0 aromatic heterocycles. The van der Waals surface area contributed by atoms with Crippen molar-refractivity contribution in [1.82, 2.24) is 0 Å². The van der Waals surface area contributed by atoms with Crippen LogP contribution in [0.5, 0.6) is 0 Å². The van der Waals surface area contributed by atoms with E-state index in [1.54, 1.807) is 0 Å². The van der Waals surface area contributed by atoms with Gasteiger partial charge in [0.2, 0.25) is 0 Å². The SMILES string of the molecule is [2H]OC(=O)C([2H])([2H])[2H].[H-].[Na+]. The maximum Gasteiger partial charge on any atom is 1.00 e. The van der Waals surface area contributed by atoms with E-state index in [-0.39, 0.29) is 31.0 Å². The van der Waals surface area contributed by atoms with Gasteiger partial charge in [-0.25, -0.2) is 0 Å². The Bertz CT molecular complexity index is 100. The van der Waals surface area contributed by atoms with Crippen molar-refractivity contribution >= 4 is 5.97 Å². The number of rotatable bonds is 0. The van der Waals surface area contributed by atoms with E-state index in [0.717, 1.165) is 0 Å². The summed E-state index contributed by atoms with van der Waals surface area (Å²) >= 11 is 0. The summed E-state index contributed by atoms with van der Waals surface area (Å²) in [6, 6.07) is 0. The van der Waals surface area contributed by atoms with Crippen LogP contribution in [-0.2, 0) is 4.79 Å². The molecule has 0 amide bonds. The minimum Gasteiger partial charge on any atom is -1.00 e. The summed E-state index contributed by atoms with van der Waals surface area (Å²) in [5.74, 6) is -1.50. The van der Waals surface area contributed by atoms with Gasteiger partial charge in [0.1, 0.15) is 0 Å². The zero-order valence-electron chi connectivity index (χ0n) is 7.82. The first-order valence-electron chi connectivity index (χ1n) is 2.57. The molecule has 26 valence electrons. The molecule has 0 bridgehead atoms. The van der Waals surface area contributed by atoms with E-state index in [0.29, 0.717) is 0 Å². The molecule has 0 aliphatic heterocycles. The van der Waals surface area contributed by atoms with Crippen molar-refractivity contribution in [2.75, 3.05) is 0 Å². The maximum atomic E-state index is 9.86. The Balaban J connectivity index is -0.000000245. The van der Waals surface area contributed by atoms with Gasteiger partial charge in [-0.1, -0.05) is 0 Å². The largest absolute Gasteiger partial charge is 1.00 e. The Morgan fingerprint density at radius 3 is 3.20 bits per heavy atom. The number of carbonyl (C=O) groups is 1. The van der Waals surface area contributed by atoms with Crippen molar-refractivity contribution < 1.29 is 45.0 Å². The molecule has 2 nitrogen and oxygen atoms in total. The summed E-state index contributed by atoms with van der Waals surface area (Å²) in [5.41, 5.74) is 0. The second-order valence-electron chi connectivity index (χ2n) is 0.287. The third-order valence-corrected chi connectivity index (χ3v) is 0. The average Bonchev–Trinajstić information content (AvgIpc) is 1.62. The van der Waals surface area contributed by atoms with Crippen molar-refractivity contribution in [3.63, 3.8) is 0 Å². The smallest absolute Gasteiger partial charge is 1.00 e. The van der Waals surface area contributed by atoms with Crippen LogP contribution in [0.15, 0.2) is 0 Å². The predicted molar refractivity (Wildman–Crippen MR) is 14.4 cm³/mol. The van der Waals surface area contributed by atoms with E-state index < -0.39 is 12.8 Å². The standard InChI is InChI=1S/C2H4O2.Na.H/c1-2(3)4;;/h1H3,(H,3,4);;/q;+1;-1/i1D3;;/hD. The third kappa shape index (κ3) is 123. The summed E-state index contributed by atoms with van der Waals surface area (Å²) in [6.07, 6.45) is 0. The molecule has 0 saturated heterocycles. The van der Waals surface area contributed by atoms with Gasteiger partial charge in [0.15, 0.2) is 0 Å². The van der Waals surface area contributed by atoms with E-state index in [9.17, 15) is 4.79 Å². The number of hydrogen-bond donors (Lipinski definition) is 1. The maximum absolute atomic E-state index is 9.86. The Labute approximate surface area is 59.7 Å². The van der Waals surface area contributed by atoms with E-state index >= 15 is 0 Å². The molecule has 0 aliphatic carbocycles. The minimum atomic E-state index is -2.79. The van der Waals surface area contributed by atoms with Gasteiger partial charge in [0.05, 0.1) is 0 Å². The fourth-order valence-corrected chi connectivity index (χ4v) is 0. The van der Waals surface area contributed by atoms with Crippen molar-refractivity contribution in [3.8, 4) is 0 Å². The molecule has 0 aliphatic rings. The molecular weight excluding hydrogens is 79.0 g/mol. The quantitative estimate of drug-likeness (QED) is 0.325. The van der Waals surface area contributed by atoms with E-state index in [1.807, 2.05) is 0 Å². The summed E-state index contributed by atoms with van der Waals surface area (Å²) in [6.45, 7) is -2.79. The normalized spacial score (nSPS) is 18.4. The fraction of sp³-hybridized carbons (Fsp3) is 0.500. The molecule has 0 spiro atoms. The molecule has 1 N–H and O–H groups in total. The minimum absolute atomic E-state index is 0. The molecule has 5 heavy (non-hydrogen) atoms. The summed E-state index contributed by atoms with van der Waals surface area (Å²) in [4.78, 5) is 9.86. The zero-order chi connectivity index (χ0) is 6.78. The van der Waals surface area contributed by atoms with Gasteiger partial charge in [-0.15, -0.1) is 0 Å². The topological polar surface area (TPSA) is 37.3 Å². The van der Waals surface area contributed by atoms with E-state index in [1.165, 1.54) is 0 Å². The molecular formula is C2H5NaO2. The molecule has 0 aromatic rings. The van der Waals surface area contributed by atoms with Crippen LogP contribution < -0.4 is 29.6 Å². The first-order valence-corrected chi connectivity index (χ1v) is 0.658. The van der Waals surface area contributed by atoms with Gasteiger partial charge in [-0.05, 0) is 0 Å². The molecule has 0 saturated carbocycles. The van der Waals surface area contributed by atoms with Crippen LogP contribution in [0.4, 0.5) is 0 Å². The number of carboxylic acids is 1. The summed E-state index contributed by atoms with van der Waals surface area (Å²) < 4.78 is 24.7. The van der Waals surface area contributed by atoms with Crippen molar-refractivity contribution in [2.24, 2.45) is 0 Å². The Morgan fingerprint density at radius 2 is 3.20 bits per heavy atom. The predicted octanol–water partition coefficient (Wildman–Crippen LogP) is -2.79. The van der Waals surface area contributed by atoms with Gasteiger partial charge in [-0.2, -0.15) is 0 Å². The van der Waals surface area contributed by atoms with Crippen LogP contribution in [0.1, 0.15) is 12.4 Å². The van der Waals surface area contributed by atoms with Crippen LogP contribution in [0, 0.1) is 0 Å². The summed E-state index contributed by atoms with van der Waals surface area (Å²) in [5, 5.41) is 3.16. The van der Waals surface area contributed by atoms with Gasteiger partial charge >= 0.3 is 29.6 Å². The number of carboxylic acid groups (broad SMARTS) is 1. The Kier molecular flexibility index (Phi) is 1.75. The molecule has 0 atom stereocenters. The van der Waals surface area contributed by atoms with Gasteiger partial charge in [0, 0.05) is 11.0 Å². The molecule has 0 heterocycles. The summed E-state index contributed by atoms with van der Waals surface area (Å²) in [7, 11) is 0. The van der Waals surface area contributed by atoms with Crippen LogP contribution in [0.3, 0.4) is 0 Å². The van der Waals surface area contributed by atoms with Crippen LogP contribution in [0.25, 0.3) is 1.43 Å². The third-order valence-electron chi connectivity index (χ3n) is 0. The second kappa shape index (κ2) is 4.47. The van der Waals surface area contributed by atoms with Crippen LogP contribution >= 0.6 is 0 Å². The Morgan fingerprint density at radius 1 is 2.60 bits per heavy atom. The van der Waals surface area contributed by atoms with E-state index in [4.69, 9.17) is 5.54 Å². The molecule has 3 heteroatoms. The number of aliphatic carboxylic acids is 1. The average molecular weight is 88.1 g/mol. The molecule has 0 aromatic carbocycles.